The van der Waals surface area contributed by atoms with E-state index in [1.165, 1.54) is 12.1 Å². The van der Waals surface area contributed by atoms with Gasteiger partial charge >= 0.3 is 5.97 Å². The molecule has 0 unspecified atom stereocenters. The molecule has 2 heterocycles. The van der Waals surface area contributed by atoms with E-state index in [4.69, 9.17) is 13.9 Å². The van der Waals surface area contributed by atoms with Crippen LogP contribution in [0.25, 0.3) is 22.6 Å². The lowest BCUT2D eigenvalue weighted by Gasteiger charge is -2.42. The Kier molecular flexibility index (Phi) is 4.72. The summed E-state index contributed by atoms with van der Waals surface area (Å²) in [7, 11) is 0. The fourth-order valence-corrected chi connectivity index (χ4v) is 4.33. The van der Waals surface area contributed by atoms with E-state index in [1.807, 2.05) is 0 Å². The predicted molar refractivity (Wildman–Crippen MR) is 104 cm³/mol. The number of rotatable bonds is 2. The largest absolute Gasteiger partial charge is 0.456 e. The standard InChI is InChI=1S/C23H17F4NO4/c1-11-14(22(29)32-23(31-11)9-5-2-6-10-23)15-17(24)19(26)16(20(27)18(15)25)21-28-12-7-3-4-8-13(12)30-21/h3-4,7-8,14H,1-2,5-6,9-10H2/t14-/m0/s1. The molecule has 2 aliphatic rings. The zero-order valence-electron chi connectivity index (χ0n) is 16.7. The molecule has 1 spiro atoms. The number of hydrogen-bond donors (Lipinski definition) is 0. The summed E-state index contributed by atoms with van der Waals surface area (Å²) in [5.41, 5.74) is -1.84. The van der Waals surface area contributed by atoms with E-state index in [0.717, 1.165) is 19.3 Å². The van der Waals surface area contributed by atoms with Crippen LogP contribution >= 0.6 is 0 Å². The van der Waals surface area contributed by atoms with Crippen molar-refractivity contribution in [1.29, 1.82) is 0 Å². The molecule has 1 saturated heterocycles. The monoisotopic (exact) mass is 447 g/mol. The van der Waals surface area contributed by atoms with Crippen LogP contribution in [-0.2, 0) is 14.3 Å². The highest BCUT2D eigenvalue weighted by Gasteiger charge is 2.49. The minimum atomic E-state index is -1.86. The molecule has 5 rings (SSSR count). The molecule has 0 bridgehead atoms. The molecule has 1 aliphatic carbocycles. The number of carbonyl (C=O) groups is 1. The Morgan fingerprint density at radius 2 is 1.59 bits per heavy atom. The Morgan fingerprint density at radius 1 is 0.938 bits per heavy atom. The van der Waals surface area contributed by atoms with Crippen LogP contribution in [0.5, 0.6) is 0 Å². The summed E-state index contributed by atoms with van der Waals surface area (Å²) in [6.07, 6.45) is 3.19. The first-order chi connectivity index (χ1) is 15.3. The summed E-state index contributed by atoms with van der Waals surface area (Å²) in [5, 5.41) is 0. The van der Waals surface area contributed by atoms with Crippen molar-refractivity contribution < 1.29 is 36.2 Å². The molecule has 2 fully saturated rings. The van der Waals surface area contributed by atoms with E-state index in [1.54, 1.807) is 12.1 Å². The third kappa shape index (κ3) is 3.06. The van der Waals surface area contributed by atoms with Crippen LogP contribution in [0.3, 0.4) is 0 Å². The number of para-hydroxylation sites is 2. The van der Waals surface area contributed by atoms with Gasteiger partial charge in [0.15, 0.2) is 28.9 Å². The van der Waals surface area contributed by atoms with E-state index >= 15 is 8.78 Å². The highest BCUT2D eigenvalue weighted by molar-refractivity contribution is 5.83. The second-order valence-electron chi connectivity index (χ2n) is 7.93. The Bertz CT molecular complexity index is 1180. The minimum absolute atomic E-state index is 0.182. The van der Waals surface area contributed by atoms with Crippen molar-refractivity contribution in [1.82, 2.24) is 4.98 Å². The van der Waals surface area contributed by atoms with Gasteiger partial charge in [0.05, 0.1) is 5.56 Å². The Hall–Kier alpha value is -3.36. The Labute approximate surface area is 179 Å². The van der Waals surface area contributed by atoms with Crippen LogP contribution < -0.4 is 0 Å². The van der Waals surface area contributed by atoms with Crippen LogP contribution in [0, 0.1) is 23.3 Å². The fourth-order valence-electron chi connectivity index (χ4n) is 4.33. The van der Waals surface area contributed by atoms with Crippen LogP contribution in [0.4, 0.5) is 17.6 Å². The highest BCUT2D eigenvalue weighted by Crippen LogP contribution is 2.45. The molecule has 1 aromatic heterocycles. The normalized spacial score (nSPS) is 20.4. The molecule has 0 radical (unpaired) electrons. The molecule has 1 saturated carbocycles. The molecule has 3 aromatic rings. The fraction of sp³-hybridized carbons (Fsp3) is 0.304. The maximum atomic E-state index is 15.1. The Morgan fingerprint density at radius 3 is 2.22 bits per heavy atom. The number of ether oxygens (including phenoxy) is 2. The van der Waals surface area contributed by atoms with Gasteiger partial charge in [-0.25, -0.2) is 22.5 Å². The molecule has 0 N–H and O–H groups in total. The SMILES string of the molecule is C=C1OC2(CCCCC2)OC(=O)[C@@H]1c1c(F)c(F)c(-c2nc3ccccc3o2)c(F)c1F. The van der Waals surface area contributed by atoms with Gasteiger partial charge in [-0.3, -0.25) is 4.79 Å². The minimum Gasteiger partial charge on any atom is -0.456 e. The van der Waals surface area contributed by atoms with Gasteiger partial charge < -0.3 is 13.9 Å². The van der Waals surface area contributed by atoms with E-state index < -0.39 is 58.0 Å². The van der Waals surface area contributed by atoms with Gasteiger partial charge in [-0.1, -0.05) is 25.1 Å². The van der Waals surface area contributed by atoms with Crippen molar-refractivity contribution in [2.24, 2.45) is 0 Å². The number of hydrogen-bond acceptors (Lipinski definition) is 5. The maximum absolute atomic E-state index is 15.1. The average molecular weight is 447 g/mol. The molecule has 5 nitrogen and oxygen atoms in total. The second kappa shape index (κ2) is 7.36. The van der Waals surface area contributed by atoms with Crippen LogP contribution in [0.1, 0.15) is 43.6 Å². The molecule has 1 atom stereocenters. The first-order valence-corrected chi connectivity index (χ1v) is 10.1. The molecule has 1 aliphatic heterocycles. The number of carbonyl (C=O) groups excluding carboxylic acids is 1. The zero-order valence-corrected chi connectivity index (χ0v) is 16.7. The molecule has 166 valence electrons. The number of halogens is 4. The van der Waals surface area contributed by atoms with Gasteiger partial charge in [0.25, 0.3) is 5.79 Å². The van der Waals surface area contributed by atoms with Gasteiger partial charge in [-0.05, 0) is 25.0 Å². The average Bonchev–Trinajstić information content (AvgIpc) is 3.18. The van der Waals surface area contributed by atoms with Crippen molar-refractivity contribution in [3.8, 4) is 11.5 Å². The van der Waals surface area contributed by atoms with Crippen molar-refractivity contribution in [3.63, 3.8) is 0 Å². The van der Waals surface area contributed by atoms with Crippen molar-refractivity contribution in [2.45, 2.75) is 43.8 Å². The van der Waals surface area contributed by atoms with E-state index in [9.17, 15) is 13.6 Å². The van der Waals surface area contributed by atoms with E-state index in [-0.39, 0.29) is 16.9 Å². The number of nitrogens with zero attached hydrogens (tertiary/aromatic N) is 1. The summed E-state index contributed by atoms with van der Waals surface area (Å²) < 4.78 is 76.3. The molecule has 32 heavy (non-hydrogen) atoms. The first kappa shape index (κ1) is 20.5. The Balaban J connectivity index is 1.59. The maximum Gasteiger partial charge on any atom is 0.324 e. The number of oxazole rings is 1. The number of aromatic nitrogens is 1. The lowest BCUT2D eigenvalue weighted by atomic mass is 9.89. The van der Waals surface area contributed by atoms with Gasteiger partial charge in [-0.15, -0.1) is 0 Å². The van der Waals surface area contributed by atoms with Gasteiger partial charge in [0, 0.05) is 12.8 Å². The quantitative estimate of drug-likeness (QED) is 0.279. The summed E-state index contributed by atoms with van der Waals surface area (Å²) in [6.45, 7) is 3.59. The lowest BCUT2D eigenvalue weighted by molar-refractivity contribution is -0.248. The van der Waals surface area contributed by atoms with Crippen molar-refractivity contribution in [3.05, 3.63) is 65.4 Å². The summed E-state index contributed by atoms with van der Waals surface area (Å²) in [5.74, 6) is -12.2. The number of fused-ring (bicyclic) bond motifs is 1. The summed E-state index contributed by atoms with van der Waals surface area (Å²) in [4.78, 5) is 16.6. The molecule has 2 aromatic carbocycles. The smallest absolute Gasteiger partial charge is 0.324 e. The van der Waals surface area contributed by atoms with Crippen molar-refractivity contribution >= 4 is 17.1 Å². The number of esters is 1. The predicted octanol–water partition coefficient (Wildman–Crippen LogP) is 5.88. The van der Waals surface area contributed by atoms with Crippen LogP contribution in [0.15, 0.2) is 41.0 Å². The zero-order chi connectivity index (χ0) is 22.6. The highest BCUT2D eigenvalue weighted by atomic mass is 19.2. The molecule has 9 heteroatoms. The molecular weight excluding hydrogens is 430 g/mol. The third-order valence-corrected chi connectivity index (χ3v) is 5.87. The topological polar surface area (TPSA) is 61.6 Å². The second-order valence-corrected chi connectivity index (χ2v) is 7.93. The van der Waals surface area contributed by atoms with Gasteiger partial charge in [-0.2, -0.15) is 0 Å². The molecule has 0 amide bonds. The van der Waals surface area contributed by atoms with Gasteiger partial charge in [0.1, 0.15) is 22.8 Å². The van der Waals surface area contributed by atoms with E-state index in [0.29, 0.717) is 12.8 Å². The number of benzene rings is 2. The molecular formula is C23H17F4NO4. The van der Waals surface area contributed by atoms with Crippen LogP contribution in [-0.4, -0.2) is 16.7 Å². The van der Waals surface area contributed by atoms with E-state index in [2.05, 4.69) is 11.6 Å². The lowest BCUT2D eigenvalue weighted by Crippen LogP contribution is -2.46. The van der Waals surface area contributed by atoms with Crippen molar-refractivity contribution in [2.75, 3.05) is 0 Å². The van der Waals surface area contributed by atoms with Crippen LogP contribution in [0.2, 0.25) is 0 Å². The van der Waals surface area contributed by atoms with Gasteiger partial charge in [0.2, 0.25) is 5.89 Å². The summed E-state index contributed by atoms with van der Waals surface area (Å²) in [6, 6.07) is 6.22. The summed E-state index contributed by atoms with van der Waals surface area (Å²) >= 11 is 0. The third-order valence-electron chi connectivity index (χ3n) is 5.87. The first-order valence-electron chi connectivity index (χ1n) is 10.1.